The molecule has 2 N–H and O–H groups in total. The van der Waals surface area contributed by atoms with Crippen molar-refractivity contribution in [3.05, 3.63) is 29.3 Å². The van der Waals surface area contributed by atoms with Crippen molar-refractivity contribution in [2.45, 2.75) is 19.4 Å². The van der Waals surface area contributed by atoms with Crippen molar-refractivity contribution in [3.8, 4) is 0 Å². The first-order valence-electron chi connectivity index (χ1n) is 6.03. The summed E-state index contributed by atoms with van der Waals surface area (Å²) in [5.74, 6) is -2.84. The van der Waals surface area contributed by atoms with Gasteiger partial charge in [0.1, 0.15) is 0 Å². The van der Waals surface area contributed by atoms with Gasteiger partial charge in [0.25, 0.3) is 5.92 Å². The number of likely N-dealkylation sites (N-methyl/N-ethyl adjacent to an activating group) is 1. The summed E-state index contributed by atoms with van der Waals surface area (Å²) in [6, 6.07) is 4.67. The van der Waals surface area contributed by atoms with Crippen LogP contribution >= 0.6 is 0 Å². The fourth-order valence-electron chi connectivity index (χ4n) is 2.25. The molecule has 3 nitrogen and oxygen atoms in total. The topological polar surface area (TPSA) is 32.5 Å². The number of anilines is 1. The minimum atomic E-state index is -2.84. The molecule has 0 spiro atoms. The van der Waals surface area contributed by atoms with Crippen LogP contribution in [0.15, 0.2) is 18.2 Å². The van der Waals surface area contributed by atoms with Gasteiger partial charge in [-0.15, -0.1) is 0 Å². The average Bonchev–Trinajstić information content (AvgIpc) is 2.61. The minimum absolute atomic E-state index is 0.00921. The lowest BCUT2D eigenvalue weighted by molar-refractivity contribution is 0.0174. The zero-order chi connectivity index (χ0) is 13.3. The third-order valence-electron chi connectivity index (χ3n) is 3.17. The summed E-state index contributed by atoms with van der Waals surface area (Å²) in [6.07, 6.45) is 0. The number of nitrogens with two attached hydrogens (primary N) is 1. The highest BCUT2D eigenvalue weighted by Crippen LogP contribution is 2.29. The monoisotopic (exact) mass is 255 g/mol. The molecule has 1 heterocycles. The number of hydrogen-bond acceptors (Lipinski definition) is 3. The van der Waals surface area contributed by atoms with Gasteiger partial charge in [-0.25, -0.2) is 8.78 Å². The highest BCUT2D eigenvalue weighted by molar-refractivity contribution is 5.46. The zero-order valence-electron chi connectivity index (χ0n) is 10.8. The van der Waals surface area contributed by atoms with E-state index in [1.54, 1.807) is 12.1 Å². The number of nitrogen functional groups attached to an aromatic ring is 1. The molecule has 1 aromatic carbocycles. The number of hydrogen-bond donors (Lipinski definition) is 1. The largest absolute Gasteiger partial charge is 0.399 e. The van der Waals surface area contributed by atoms with E-state index in [-0.39, 0.29) is 5.56 Å². The summed E-state index contributed by atoms with van der Waals surface area (Å²) >= 11 is 0. The third-order valence-corrected chi connectivity index (χ3v) is 3.17. The van der Waals surface area contributed by atoms with Crippen LogP contribution in [-0.2, 0) is 12.5 Å². The highest BCUT2D eigenvalue weighted by atomic mass is 19.3. The Bertz CT molecular complexity index is 429. The average molecular weight is 255 g/mol. The smallest absolute Gasteiger partial charge is 0.270 e. The first-order valence-corrected chi connectivity index (χ1v) is 6.03. The Hall–Kier alpha value is -1.20. The van der Waals surface area contributed by atoms with E-state index in [2.05, 4.69) is 9.80 Å². The molecule has 2 rings (SSSR count). The van der Waals surface area contributed by atoms with Crippen LogP contribution in [0.2, 0.25) is 0 Å². The SMILES string of the molecule is CN1CCN(Cc2cc(N)cc(C(C)(F)F)c2)C1. The molecule has 0 atom stereocenters. The van der Waals surface area contributed by atoms with Crippen LogP contribution < -0.4 is 5.73 Å². The lowest BCUT2D eigenvalue weighted by Gasteiger charge is -2.18. The number of alkyl halides is 2. The van der Waals surface area contributed by atoms with Crippen molar-refractivity contribution in [3.63, 3.8) is 0 Å². The zero-order valence-corrected chi connectivity index (χ0v) is 10.8. The van der Waals surface area contributed by atoms with E-state index in [0.717, 1.165) is 32.2 Å². The van der Waals surface area contributed by atoms with E-state index in [4.69, 9.17) is 5.73 Å². The maximum atomic E-state index is 13.3. The van der Waals surface area contributed by atoms with Crippen molar-refractivity contribution in [1.82, 2.24) is 9.80 Å². The van der Waals surface area contributed by atoms with Crippen LogP contribution in [0.3, 0.4) is 0 Å². The Morgan fingerprint density at radius 1 is 1.28 bits per heavy atom. The number of benzene rings is 1. The van der Waals surface area contributed by atoms with E-state index >= 15 is 0 Å². The molecule has 0 bridgehead atoms. The van der Waals surface area contributed by atoms with Crippen LogP contribution in [0.4, 0.5) is 14.5 Å². The van der Waals surface area contributed by atoms with E-state index < -0.39 is 5.92 Å². The van der Waals surface area contributed by atoms with Gasteiger partial charge in [-0.05, 0) is 30.8 Å². The summed E-state index contributed by atoms with van der Waals surface area (Å²) < 4.78 is 26.6. The van der Waals surface area contributed by atoms with Crippen molar-refractivity contribution >= 4 is 5.69 Å². The van der Waals surface area contributed by atoms with Gasteiger partial charge in [-0.2, -0.15) is 0 Å². The Labute approximate surface area is 106 Å². The van der Waals surface area contributed by atoms with Gasteiger partial charge in [0.05, 0.1) is 6.67 Å². The summed E-state index contributed by atoms with van der Waals surface area (Å²) in [4.78, 5) is 4.41. The molecular weight excluding hydrogens is 236 g/mol. The van der Waals surface area contributed by atoms with E-state index in [1.807, 2.05) is 7.05 Å². The van der Waals surface area contributed by atoms with E-state index in [0.29, 0.717) is 12.2 Å². The second kappa shape index (κ2) is 4.82. The Morgan fingerprint density at radius 2 is 2.00 bits per heavy atom. The van der Waals surface area contributed by atoms with Crippen molar-refractivity contribution < 1.29 is 8.78 Å². The molecule has 18 heavy (non-hydrogen) atoms. The molecule has 5 heteroatoms. The molecule has 0 unspecified atom stereocenters. The van der Waals surface area contributed by atoms with Crippen LogP contribution in [-0.4, -0.2) is 36.6 Å². The predicted molar refractivity (Wildman–Crippen MR) is 68.3 cm³/mol. The van der Waals surface area contributed by atoms with Gasteiger partial charge < -0.3 is 5.73 Å². The molecule has 1 aliphatic rings. The van der Waals surface area contributed by atoms with E-state index in [9.17, 15) is 8.78 Å². The second-order valence-corrected chi connectivity index (χ2v) is 5.13. The fourth-order valence-corrected chi connectivity index (χ4v) is 2.25. The maximum absolute atomic E-state index is 13.3. The number of rotatable bonds is 3. The standard InChI is InChI=1S/C13H19F2N3/c1-13(14,15)11-5-10(6-12(16)7-11)8-18-4-3-17(2)9-18/h5-7H,3-4,8-9,16H2,1-2H3. The Morgan fingerprint density at radius 3 is 2.56 bits per heavy atom. The molecule has 0 aliphatic carbocycles. The summed E-state index contributed by atoms with van der Waals surface area (Å²) in [5.41, 5.74) is 6.93. The predicted octanol–water partition coefficient (Wildman–Crippen LogP) is 2.09. The van der Waals surface area contributed by atoms with Crippen molar-refractivity contribution in [1.29, 1.82) is 0 Å². The Kier molecular flexibility index (Phi) is 3.54. The molecule has 0 amide bonds. The lowest BCUT2D eigenvalue weighted by atomic mass is 10.0. The van der Waals surface area contributed by atoms with Crippen LogP contribution in [0.25, 0.3) is 0 Å². The first-order chi connectivity index (χ1) is 8.34. The molecule has 1 saturated heterocycles. The van der Waals surface area contributed by atoms with Gasteiger partial charge in [-0.3, -0.25) is 9.80 Å². The third kappa shape index (κ3) is 3.17. The van der Waals surface area contributed by atoms with Gasteiger partial charge in [-0.1, -0.05) is 0 Å². The maximum Gasteiger partial charge on any atom is 0.270 e. The normalized spacial score (nSPS) is 18.4. The Balaban J connectivity index is 2.15. The van der Waals surface area contributed by atoms with Crippen molar-refractivity contribution in [2.24, 2.45) is 0 Å². The summed E-state index contributed by atoms with van der Waals surface area (Å²) in [6.45, 7) is 4.41. The van der Waals surface area contributed by atoms with E-state index in [1.165, 1.54) is 6.07 Å². The molecular formula is C13H19F2N3. The molecule has 1 fully saturated rings. The van der Waals surface area contributed by atoms with Crippen molar-refractivity contribution in [2.75, 3.05) is 32.5 Å². The molecule has 0 aromatic heterocycles. The highest BCUT2D eigenvalue weighted by Gasteiger charge is 2.25. The van der Waals surface area contributed by atoms with Gasteiger partial charge in [0.2, 0.25) is 0 Å². The molecule has 1 aromatic rings. The van der Waals surface area contributed by atoms with Crippen LogP contribution in [0.5, 0.6) is 0 Å². The van der Waals surface area contributed by atoms with Gasteiger partial charge in [0.15, 0.2) is 0 Å². The molecule has 100 valence electrons. The lowest BCUT2D eigenvalue weighted by Crippen LogP contribution is -2.23. The molecule has 0 saturated carbocycles. The van der Waals surface area contributed by atoms with Crippen LogP contribution in [0, 0.1) is 0 Å². The molecule has 0 radical (unpaired) electrons. The summed E-state index contributed by atoms with van der Waals surface area (Å²) in [5, 5.41) is 0. The quantitative estimate of drug-likeness (QED) is 0.839. The van der Waals surface area contributed by atoms with Crippen LogP contribution in [0.1, 0.15) is 18.1 Å². The molecule has 1 aliphatic heterocycles. The number of halogens is 2. The fraction of sp³-hybridized carbons (Fsp3) is 0.538. The number of nitrogens with zero attached hydrogens (tertiary/aromatic N) is 2. The second-order valence-electron chi connectivity index (χ2n) is 5.13. The minimum Gasteiger partial charge on any atom is -0.399 e. The van der Waals surface area contributed by atoms with Gasteiger partial charge >= 0.3 is 0 Å². The first kappa shape index (κ1) is 13.2. The summed E-state index contributed by atoms with van der Waals surface area (Å²) in [7, 11) is 2.05. The van der Waals surface area contributed by atoms with Gasteiger partial charge in [0, 0.05) is 37.8 Å².